The third-order valence-electron chi connectivity index (χ3n) is 3.60. The van der Waals surface area contributed by atoms with Crippen LogP contribution in [-0.2, 0) is 9.59 Å². The van der Waals surface area contributed by atoms with Gasteiger partial charge in [-0.1, -0.05) is 24.1 Å². The summed E-state index contributed by atoms with van der Waals surface area (Å²) in [5, 5.41) is 5.60. The molecule has 0 fully saturated rings. The van der Waals surface area contributed by atoms with Crippen LogP contribution in [-0.4, -0.2) is 18.9 Å². The van der Waals surface area contributed by atoms with Crippen molar-refractivity contribution in [2.45, 2.75) is 19.4 Å². The summed E-state index contributed by atoms with van der Waals surface area (Å²) >= 11 is 0. The molecule has 0 aliphatic heterocycles. The molecular formula is C20H20N2O3. The second kappa shape index (κ2) is 8.55. The van der Waals surface area contributed by atoms with E-state index >= 15 is 0 Å². The topological polar surface area (TPSA) is 67.4 Å². The van der Waals surface area contributed by atoms with E-state index < -0.39 is 6.04 Å². The van der Waals surface area contributed by atoms with Crippen LogP contribution >= 0.6 is 0 Å². The SMILES string of the molecule is C#Cc1cccc(NC(=O)CC(NC(C)=O)c2ccc(OC)cc2)c1. The average molecular weight is 336 g/mol. The zero-order chi connectivity index (χ0) is 18.2. The summed E-state index contributed by atoms with van der Waals surface area (Å²) in [5.41, 5.74) is 2.13. The normalized spacial score (nSPS) is 11.1. The maximum Gasteiger partial charge on any atom is 0.226 e. The Balaban J connectivity index is 2.11. The predicted molar refractivity (Wildman–Crippen MR) is 97.2 cm³/mol. The van der Waals surface area contributed by atoms with E-state index in [1.807, 2.05) is 12.1 Å². The Morgan fingerprint density at radius 1 is 1.20 bits per heavy atom. The van der Waals surface area contributed by atoms with Gasteiger partial charge in [-0.15, -0.1) is 6.42 Å². The van der Waals surface area contributed by atoms with E-state index in [0.29, 0.717) is 17.0 Å². The molecule has 1 atom stereocenters. The van der Waals surface area contributed by atoms with Crippen molar-refractivity contribution in [2.75, 3.05) is 12.4 Å². The molecule has 0 aliphatic rings. The number of anilines is 1. The van der Waals surface area contributed by atoms with Crippen molar-refractivity contribution in [1.82, 2.24) is 5.32 Å². The minimum absolute atomic E-state index is 0.103. The summed E-state index contributed by atoms with van der Waals surface area (Å²) in [6, 6.07) is 13.8. The fourth-order valence-electron chi connectivity index (χ4n) is 2.42. The summed E-state index contributed by atoms with van der Waals surface area (Å²) in [4.78, 5) is 23.8. The Labute approximate surface area is 147 Å². The highest BCUT2D eigenvalue weighted by Gasteiger charge is 2.17. The molecule has 2 N–H and O–H groups in total. The minimum Gasteiger partial charge on any atom is -0.497 e. The van der Waals surface area contributed by atoms with Crippen molar-refractivity contribution in [3.8, 4) is 18.1 Å². The third-order valence-corrected chi connectivity index (χ3v) is 3.60. The highest BCUT2D eigenvalue weighted by Crippen LogP contribution is 2.21. The lowest BCUT2D eigenvalue weighted by Gasteiger charge is -2.18. The number of rotatable bonds is 6. The molecule has 0 spiro atoms. The predicted octanol–water partition coefficient (Wildman–Crippen LogP) is 2.88. The fourth-order valence-corrected chi connectivity index (χ4v) is 2.42. The molecular weight excluding hydrogens is 316 g/mol. The van der Waals surface area contributed by atoms with Gasteiger partial charge in [0.15, 0.2) is 0 Å². The second-order valence-corrected chi connectivity index (χ2v) is 5.50. The molecule has 5 nitrogen and oxygen atoms in total. The maximum absolute atomic E-state index is 12.4. The lowest BCUT2D eigenvalue weighted by molar-refractivity contribution is -0.120. The zero-order valence-electron chi connectivity index (χ0n) is 14.2. The molecule has 1 unspecified atom stereocenters. The molecule has 0 aliphatic carbocycles. The van der Waals surface area contributed by atoms with E-state index in [1.165, 1.54) is 6.92 Å². The summed E-state index contributed by atoms with van der Waals surface area (Å²) in [6.07, 6.45) is 5.47. The quantitative estimate of drug-likeness (QED) is 0.797. The van der Waals surface area contributed by atoms with Crippen molar-refractivity contribution in [1.29, 1.82) is 0 Å². The van der Waals surface area contributed by atoms with Crippen LogP contribution in [0.2, 0.25) is 0 Å². The van der Waals surface area contributed by atoms with E-state index in [9.17, 15) is 9.59 Å². The fraction of sp³-hybridized carbons (Fsp3) is 0.200. The number of amides is 2. The van der Waals surface area contributed by atoms with Crippen LogP contribution in [0.25, 0.3) is 0 Å². The molecule has 0 saturated carbocycles. The van der Waals surface area contributed by atoms with Crippen molar-refractivity contribution >= 4 is 17.5 Å². The van der Waals surface area contributed by atoms with Gasteiger partial charge in [0.25, 0.3) is 0 Å². The number of benzene rings is 2. The van der Waals surface area contributed by atoms with Crippen LogP contribution in [0.3, 0.4) is 0 Å². The second-order valence-electron chi connectivity index (χ2n) is 5.50. The number of hydrogen-bond acceptors (Lipinski definition) is 3. The molecule has 2 rings (SSSR count). The van der Waals surface area contributed by atoms with Crippen LogP contribution in [0, 0.1) is 12.3 Å². The highest BCUT2D eigenvalue weighted by atomic mass is 16.5. The number of nitrogens with one attached hydrogen (secondary N) is 2. The molecule has 2 amide bonds. The molecule has 128 valence electrons. The van der Waals surface area contributed by atoms with Gasteiger partial charge in [-0.3, -0.25) is 9.59 Å². The molecule has 0 radical (unpaired) electrons. The van der Waals surface area contributed by atoms with Gasteiger partial charge in [0, 0.05) is 18.2 Å². The number of methoxy groups -OCH3 is 1. The Bertz CT molecular complexity index is 791. The summed E-state index contributed by atoms with van der Waals surface area (Å²) in [6.45, 7) is 1.42. The van der Waals surface area contributed by atoms with Crippen molar-refractivity contribution in [3.05, 3.63) is 59.7 Å². The molecule has 25 heavy (non-hydrogen) atoms. The monoisotopic (exact) mass is 336 g/mol. The van der Waals surface area contributed by atoms with Gasteiger partial charge in [0.05, 0.1) is 19.6 Å². The molecule has 0 bridgehead atoms. The summed E-state index contributed by atoms with van der Waals surface area (Å²) < 4.78 is 5.13. The standard InChI is InChI=1S/C20H20N2O3/c1-4-15-6-5-7-17(12-15)22-20(24)13-19(21-14(2)23)16-8-10-18(25-3)11-9-16/h1,5-12,19H,13H2,2-3H3,(H,21,23)(H,22,24). The molecule has 0 heterocycles. The average Bonchev–Trinajstić information content (AvgIpc) is 2.61. The van der Waals surface area contributed by atoms with Crippen LogP contribution in [0.15, 0.2) is 48.5 Å². The molecule has 2 aromatic carbocycles. The van der Waals surface area contributed by atoms with Gasteiger partial charge in [-0.05, 0) is 35.9 Å². The number of ether oxygens (including phenoxy) is 1. The summed E-state index contributed by atoms with van der Waals surface area (Å²) in [7, 11) is 1.58. The zero-order valence-corrected chi connectivity index (χ0v) is 14.2. The smallest absolute Gasteiger partial charge is 0.226 e. The van der Waals surface area contributed by atoms with Crippen LogP contribution < -0.4 is 15.4 Å². The maximum atomic E-state index is 12.4. The van der Waals surface area contributed by atoms with Crippen molar-refractivity contribution in [2.24, 2.45) is 0 Å². The molecule has 2 aromatic rings. The van der Waals surface area contributed by atoms with Gasteiger partial charge in [0.1, 0.15) is 5.75 Å². The summed E-state index contributed by atoms with van der Waals surface area (Å²) in [5.74, 6) is 2.81. The van der Waals surface area contributed by atoms with Gasteiger partial charge >= 0.3 is 0 Å². The Morgan fingerprint density at radius 3 is 2.52 bits per heavy atom. The molecule has 5 heteroatoms. The molecule has 0 aromatic heterocycles. The number of carbonyl (C=O) groups excluding carboxylic acids is 2. The lowest BCUT2D eigenvalue weighted by atomic mass is 10.0. The highest BCUT2D eigenvalue weighted by molar-refractivity contribution is 5.91. The first-order chi connectivity index (χ1) is 12.0. The van der Waals surface area contributed by atoms with Crippen LogP contribution in [0.1, 0.15) is 30.5 Å². The van der Waals surface area contributed by atoms with E-state index in [-0.39, 0.29) is 18.2 Å². The van der Waals surface area contributed by atoms with Crippen LogP contribution in [0.5, 0.6) is 5.75 Å². The third kappa shape index (κ3) is 5.40. The van der Waals surface area contributed by atoms with Gasteiger partial charge < -0.3 is 15.4 Å². The Hall–Kier alpha value is -3.26. The van der Waals surface area contributed by atoms with Crippen molar-refractivity contribution in [3.63, 3.8) is 0 Å². The Kier molecular flexibility index (Phi) is 6.19. The first-order valence-corrected chi connectivity index (χ1v) is 7.79. The number of carbonyl (C=O) groups is 2. The number of terminal acetylenes is 1. The Morgan fingerprint density at radius 2 is 1.92 bits per heavy atom. The first-order valence-electron chi connectivity index (χ1n) is 7.79. The van der Waals surface area contributed by atoms with Gasteiger partial charge in [-0.2, -0.15) is 0 Å². The van der Waals surface area contributed by atoms with E-state index in [0.717, 1.165) is 5.56 Å². The van der Waals surface area contributed by atoms with Gasteiger partial charge in [-0.25, -0.2) is 0 Å². The van der Waals surface area contributed by atoms with E-state index in [4.69, 9.17) is 11.2 Å². The molecule has 0 saturated heterocycles. The largest absolute Gasteiger partial charge is 0.497 e. The van der Waals surface area contributed by atoms with Crippen molar-refractivity contribution < 1.29 is 14.3 Å². The first kappa shape index (κ1) is 18.1. The van der Waals surface area contributed by atoms with E-state index in [1.54, 1.807) is 43.5 Å². The van der Waals surface area contributed by atoms with Crippen LogP contribution in [0.4, 0.5) is 5.69 Å². The van der Waals surface area contributed by atoms with Gasteiger partial charge in [0.2, 0.25) is 11.8 Å². The van der Waals surface area contributed by atoms with E-state index in [2.05, 4.69) is 16.6 Å². The minimum atomic E-state index is -0.431. The lowest BCUT2D eigenvalue weighted by Crippen LogP contribution is -2.29. The number of hydrogen-bond donors (Lipinski definition) is 2.